The third-order valence-electron chi connectivity index (χ3n) is 2.24. The van der Waals surface area contributed by atoms with Crippen LogP contribution in [0.3, 0.4) is 0 Å². The van der Waals surface area contributed by atoms with Gasteiger partial charge in [0.2, 0.25) is 10.0 Å². The number of rotatable bonds is 7. The van der Waals surface area contributed by atoms with Crippen LogP contribution in [0, 0.1) is 0 Å². The van der Waals surface area contributed by atoms with Crippen LogP contribution in [-0.4, -0.2) is 26.3 Å². The maximum atomic E-state index is 11.7. The van der Waals surface area contributed by atoms with Crippen molar-refractivity contribution in [3.05, 3.63) is 0 Å². The highest BCUT2D eigenvalue weighted by molar-refractivity contribution is 7.90. The van der Waals surface area contributed by atoms with Gasteiger partial charge in [0.15, 0.2) is 0 Å². The average Bonchev–Trinajstić information content (AvgIpc) is 2.04. The molecule has 0 aromatic carbocycles. The summed E-state index contributed by atoms with van der Waals surface area (Å²) in [6.45, 7) is 5.93. The molecule has 3 N–H and O–H groups in total. The fourth-order valence-corrected chi connectivity index (χ4v) is 2.94. The van der Waals surface area contributed by atoms with Crippen molar-refractivity contribution in [3.8, 4) is 0 Å². The molecule has 4 nitrogen and oxygen atoms in total. The van der Waals surface area contributed by atoms with Crippen LogP contribution in [0.1, 0.15) is 40.0 Å². The van der Waals surface area contributed by atoms with Crippen molar-refractivity contribution in [2.75, 3.05) is 6.54 Å². The van der Waals surface area contributed by atoms with Crippen LogP contribution in [0.15, 0.2) is 0 Å². The van der Waals surface area contributed by atoms with Gasteiger partial charge in [-0.25, -0.2) is 13.1 Å². The smallest absolute Gasteiger partial charge is 0.215 e. The van der Waals surface area contributed by atoms with E-state index in [1.807, 2.05) is 20.8 Å². The zero-order chi connectivity index (χ0) is 11.2. The molecule has 2 unspecified atom stereocenters. The lowest BCUT2D eigenvalue weighted by atomic mass is 10.2. The molecule has 0 aliphatic carbocycles. The molecule has 0 bridgehead atoms. The minimum absolute atomic E-state index is 0.00519. The lowest BCUT2D eigenvalue weighted by Gasteiger charge is -2.18. The molecule has 14 heavy (non-hydrogen) atoms. The highest BCUT2D eigenvalue weighted by Crippen LogP contribution is 2.05. The van der Waals surface area contributed by atoms with Crippen molar-refractivity contribution in [2.24, 2.45) is 5.73 Å². The van der Waals surface area contributed by atoms with Crippen molar-refractivity contribution in [3.63, 3.8) is 0 Å². The highest BCUT2D eigenvalue weighted by Gasteiger charge is 2.23. The maximum absolute atomic E-state index is 11.7. The summed E-state index contributed by atoms with van der Waals surface area (Å²) in [5.41, 5.74) is 5.40. The van der Waals surface area contributed by atoms with E-state index in [4.69, 9.17) is 5.73 Å². The van der Waals surface area contributed by atoms with Crippen LogP contribution in [0.5, 0.6) is 0 Å². The summed E-state index contributed by atoms with van der Waals surface area (Å²) in [6, 6.07) is 0.00519. The van der Waals surface area contributed by atoms with Crippen LogP contribution in [0.25, 0.3) is 0 Å². The molecular weight excluding hydrogens is 200 g/mol. The van der Waals surface area contributed by atoms with Crippen molar-refractivity contribution < 1.29 is 8.42 Å². The minimum atomic E-state index is -3.22. The molecule has 0 aromatic heterocycles. The lowest BCUT2D eigenvalue weighted by Crippen LogP contribution is -2.42. The number of hydrogen-bond acceptors (Lipinski definition) is 3. The fraction of sp³-hybridized carbons (Fsp3) is 1.00. The summed E-state index contributed by atoms with van der Waals surface area (Å²) in [4.78, 5) is 0. The Balaban J connectivity index is 4.32. The van der Waals surface area contributed by atoms with E-state index in [0.29, 0.717) is 6.42 Å². The van der Waals surface area contributed by atoms with Gasteiger partial charge in [0.05, 0.1) is 5.25 Å². The van der Waals surface area contributed by atoms with Gasteiger partial charge in [-0.15, -0.1) is 0 Å². The molecule has 86 valence electrons. The molecule has 0 saturated carbocycles. The van der Waals surface area contributed by atoms with Gasteiger partial charge in [-0.3, -0.25) is 0 Å². The third kappa shape index (κ3) is 4.39. The molecule has 0 heterocycles. The van der Waals surface area contributed by atoms with Gasteiger partial charge in [-0.2, -0.15) is 0 Å². The summed E-state index contributed by atoms with van der Waals surface area (Å²) < 4.78 is 26.0. The molecule has 0 amide bonds. The summed E-state index contributed by atoms with van der Waals surface area (Å²) >= 11 is 0. The molecule has 0 aliphatic heterocycles. The Morgan fingerprint density at radius 3 is 2.29 bits per heavy atom. The molecule has 0 aromatic rings. The molecule has 5 heteroatoms. The third-order valence-corrected chi connectivity index (χ3v) is 4.38. The number of nitrogens with two attached hydrogens (primary N) is 1. The van der Waals surface area contributed by atoms with Gasteiger partial charge in [-0.05, 0) is 19.8 Å². The molecule has 0 fully saturated rings. The van der Waals surface area contributed by atoms with Crippen molar-refractivity contribution in [1.82, 2.24) is 4.72 Å². The molecule has 0 spiro atoms. The van der Waals surface area contributed by atoms with E-state index in [1.54, 1.807) is 0 Å². The van der Waals surface area contributed by atoms with Gasteiger partial charge in [-0.1, -0.05) is 20.3 Å². The standard InChI is InChI=1S/C9H22N2O2S/c1-4-6-8(3)11-14(12,13)9(5-2)7-10/h8-9,11H,4-7,10H2,1-3H3. The Morgan fingerprint density at radius 1 is 1.36 bits per heavy atom. The monoisotopic (exact) mass is 222 g/mol. The van der Waals surface area contributed by atoms with E-state index in [0.717, 1.165) is 12.8 Å². The van der Waals surface area contributed by atoms with Gasteiger partial charge in [0.25, 0.3) is 0 Å². The molecule has 0 saturated heterocycles. The Hall–Kier alpha value is -0.130. The lowest BCUT2D eigenvalue weighted by molar-refractivity contribution is 0.529. The number of sulfonamides is 1. The first-order chi connectivity index (χ1) is 6.47. The van der Waals surface area contributed by atoms with Gasteiger partial charge >= 0.3 is 0 Å². The zero-order valence-electron chi connectivity index (χ0n) is 9.29. The van der Waals surface area contributed by atoms with E-state index in [9.17, 15) is 8.42 Å². The van der Waals surface area contributed by atoms with Crippen molar-refractivity contribution >= 4 is 10.0 Å². The normalized spacial score (nSPS) is 16.6. The van der Waals surface area contributed by atoms with E-state index in [-0.39, 0.29) is 12.6 Å². The molecule has 0 radical (unpaired) electrons. The van der Waals surface area contributed by atoms with Crippen LogP contribution < -0.4 is 10.5 Å². The van der Waals surface area contributed by atoms with E-state index in [1.165, 1.54) is 0 Å². The zero-order valence-corrected chi connectivity index (χ0v) is 10.1. The van der Waals surface area contributed by atoms with Gasteiger partial charge in [0.1, 0.15) is 0 Å². The summed E-state index contributed by atoms with van der Waals surface area (Å²) in [6.07, 6.45) is 2.40. The Bertz CT molecular complexity index is 235. The Labute approximate surface area is 87.3 Å². The molecule has 0 rings (SSSR count). The summed E-state index contributed by atoms with van der Waals surface area (Å²) in [5, 5.41) is -0.457. The van der Waals surface area contributed by atoms with Gasteiger partial charge < -0.3 is 5.73 Å². The maximum Gasteiger partial charge on any atom is 0.215 e. The second-order valence-electron chi connectivity index (χ2n) is 3.62. The van der Waals surface area contributed by atoms with Gasteiger partial charge in [0, 0.05) is 12.6 Å². The average molecular weight is 222 g/mol. The second-order valence-corrected chi connectivity index (χ2v) is 5.61. The van der Waals surface area contributed by atoms with E-state index < -0.39 is 15.3 Å². The van der Waals surface area contributed by atoms with E-state index in [2.05, 4.69) is 4.72 Å². The Morgan fingerprint density at radius 2 is 1.93 bits per heavy atom. The minimum Gasteiger partial charge on any atom is -0.329 e. The van der Waals surface area contributed by atoms with Crippen molar-refractivity contribution in [1.29, 1.82) is 0 Å². The predicted molar refractivity (Wildman–Crippen MR) is 59.6 cm³/mol. The molecular formula is C9H22N2O2S. The first-order valence-corrected chi connectivity index (χ1v) is 6.73. The quantitative estimate of drug-likeness (QED) is 0.670. The SMILES string of the molecule is CCCC(C)NS(=O)(=O)C(CC)CN. The van der Waals surface area contributed by atoms with Crippen LogP contribution in [-0.2, 0) is 10.0 Å². The highest BCUT2D eigenvalue weighted by atomic mass is 32.2. The molecule has 0 aliphatic rings. The predicted octanol–water partition coefficient (Wildman–Crippen LogP) is 0.832. The first-order valence-electron chi connectivity index (χ1n) is 5.19. The van der Waals surface area contributed by atoms with Crippen LogP contribution in [0.2, 0.25) is 0 Å². The number of hydrogen-bond donors (Lipinski definition) is 2. The van der Waals surface area contributed by atoms with Crippen LogP contribution in [0.4, 0.5) is 0 Å². The summed E-state index contributed by atoms with van der Waals surface area (Å²) in [5.74, 6) is 0. The largest absolute Gasteiger partial charge is 0.329 e. The first kappa shape index (κ1) is 13.9. The molecule has 2 atom stereocenters. The van der Waals surface area contributed by atoms with E-state index >= 15 is 0 Å². The van der Waals surface area contributed by atoms with Crippen molar-refractivity contribution in [2.45, 2.75) is 51.3 Å². The topological polar surface area (TPSA) is 72.2 Å². The number of nitrogens with one attached hydrogen (secondary N) is 1. The second kappa shape index (κ2) is 6.37. The van der Waals surface area contributed by atoms with Crippen LogP contribution >= 0.6 is 0 Å². The fourth-order valence-electron chi connectivity index (χ4n) is 1.38. The Kier molecular flexibility index (Phi) is 6.31. The summed E-state index contributed by atoms with van der Waals surface area (Å²) in [7, 11) is -3.22.